The molecule has 0 heterocycles. The maximum Gasteiger partial charge on any atom is 0.0981 e. The van der Waals surface area contributed by atoms with Crippen LogP contribution in [0.1, 0.15) is 66.2 Å². The molecule has 0 atom stereocenters. The lowest BCUT2D eigenvalue weighted by molar-refractivity contribution is 0.0349. The molecule has 1 rings (SSSR count). The van der Waals surface area contributed by atoms with Crippen molar-refractivity contribution in [2.45, 2.75) is 78.4 Å². The Morgan fingerprint density at radius 3 is 1.40 bits per heavy atom. The van der Waals surface area contributed by atoms with E-state index in [4.69, 9.17) is 9.47 Å². The van der Waals surface area contributed by atoms with Crippen LogP contribution in [0.25, 0.3) is 0 Å². The molecule has 0 amide bonds. The molecule has 0 saturated heterocycles. The molecule has 1 saturated carbocycles. The van der Waals surface area contributed by atoms with Crippen LogP contribution in [0.2, 0.25) is 0 Å². The Kier molecular flexibility index (Phi) is 8.48. The minimum atomic E-state index is 0.387. The van der Waals surface area contributed by atoms with Crippen molar-refractivity contribution < 1.29 is 9.47 Å². The second-order valence-corrected chi connectivity index (χ2v) is 6.67. The number of ether oxygens (including phenoxy) is 2. The summed E-state index contributed by atoms with van der Waals surface area (Å²) in [5.41, 5.74) is 0. The van der Waals surface area contributed by atoms with Crippen LogP contribution >= 0.6 is 0 Å². The molecule has 0 aromatic carbocycles. The van der Waals surface area contributed by atoms with Crippen molar-refractivity contribution in [1.29, 1.82) is 0 Å². The van der Waals surface area contributed by atoms with Crippen molar-refractivity contribution in [3.05, 3.63) is 24.7 Å². The molecule has 0 unspecified atom stereocenters. The van der Waals surface area contributed by atoms with Gasteiger partial charge in [0.1, 0.15) is 0 Å². The van der Waals surface area contributed by atoms with E-state index in [1.165, 1.54) is 0 Å². The fourth-order valence-corrected chi connectivity index (χ4v) is 2.29. The van der Waals surface area contributed by atoms with E-state index in [1.54, 1.807) is 0 Å². The van der Waals surface area contributed by atoms with Gasteiger partial charge in [-0.2, -0.15) is 0 Å². The van der Waals surface area contributed by atoms with E-state index in [-0.39, 0.29) is 0 Å². The Bertz CT molecular complexity index is 254. The standard InChI is InChI=1S/C18H32O2/c1-15(2)7-5-13-19-17-9-11-18(12-10-17)20-14-6-8-16(3)4/h5-6,13-18H,7-12H2,1-4H3. The molecule has 0 aromatic heterocycles. The molecule has 0 N–H and O–H groups in total. The minimum absolute atomic E-state index is 0.387. The van der Waals surface area contributed by atoms with Crippen molar-refractivity contribution in [2.24, 2.45) is 11.8 Å². The van der Waals surface area contributed by atoms with Gasteiger partial charge < -0.3 is 9.47 Å². The third-order valence-corrected chi connectivity index (χ3v) is 3.57. The van der Waals surface area contributed by atoms with Gasteiger partial charge in [0, 0.05) is 0 Å². The van der Waals surface area contributed by atoms with Crippen LogP contribution in [-0.4, -0.2) is 12.2 Å². The lowest BCUT2D eigenvalue weighted by Gasteiger charge is -2.27. The van der Waals surface area contributed by atoms with E-state index in [1.807, 2.05) is 12.5 Å². The number of hydrogen-bond acceptors (Lipinski definition) is 2. The molecule has 1 aliphatic carbocycles. The fourth-order valence-electron chi connectivity index (χ4n) is 2.29. The highest BCUT2D eigenvalue weighted by molar-refractivity contribution is 4.81. The summed E-state index contributed by atoms with van der Waals surface area (Å²) in [6.45, 7) is 8.89. The first kappa shape index (κ1) is 17.1. The molecule has 20 heavy (non-hydrogen) atoms. The molecular weight excluding hydrogens is 248 g/mol. The highest BCUT2D eigenvalue weighted by Gasteiger charge is 2.21. The predicted octanol–water partition coefficient (Wildman–Crippen LogP) is 5.45. The van der Waals surface area contributed by atoms with Gasteiger partial charge in [-0.25, -0.2) is 0 Å². The molecule has 0 spiro atoms. The molecule has 0 bridgehead atoms. The van der Waals surface area contributed by atoms with Gasteiger partial charge >= 0.3 is 0 Å². The van der Waals surface area contributed by atoms with Crippen molar-refractivity contribution >= 4 is 0 Å². The maximum atomic E-state index is 5.78. The highest BCUT2D eigenvalue weighted by atomic mass is 16.5. The van der Waals surface area contributed by atoms with Gasteiger partial charge in [0.2, 0.25) is 0 Å². The third-order valence-electron chi connectivity index (χ3n) is 3.57. The van der Waals surface area contributed by atoms with E-state index in [0.29, 0.717) is 24.0 Å². The van der Waals surface area contributed by atoms with Gasteiger partial charge in [0.25, 0.3) is 0 Å². The van der Waals surface area contributed by atoms with Crippen LogP contribution in [0.5, 0.6) is 0 Å². The zero-order valence-corrected chi connectivity index (χ0v) is 13.7. The minimum Gasteiger partial charge on any atom is -0.498 e. The Labute approximate surface area is 125 Å². The monoisotopic (exact) mass is 280 g/mol. The molecule has 1 fully saturated rings. The lowest BCUT2D eigenvalue weighted by Crippen LogP contribution is -2.24. The van der Waals surface area contributed by atoms with Gasteiger partial charge in [-0.05, 0) is 62.5 Å². The van der Waals surface area contributed by atoms with Crippen molar-refractivity contribution in [1.82, 2.24) is 0 Å². The summed E-state index contributed by atoms with van der Waals surface area (Å²) in [4.78, 5) is 0. The summed E-state index contributed by atoms with van der Waals surface area (Å²) in [5, 5.41) is 0. The molecule has 116 valence electrons. The van der Waals surface area contributed by atoms with Gasteiger partial charge in [0.05, 0.1) is 24.7 Å². The van der Waals surface area contributed by atoms with E-state index < -0.39 is 0 Å². The van der Waals surface area contributed by atoms with Gasteiger partial charge in [-0.15, -0.1) is 0 Å². The summed E-state index contributed by atoms with van der Waals surface area (Å²) in [5.74, 6) is 1.41. The Hall–Kier alpha value is -0.920. The fraction of sp³-hybridized carbons (Fsp3) is 0.778. The molecule has 1 aliphatic rings. The summed E-state index contributed by atoms with van der Waals surface area (Å²) in [6.07, 6.45) is 15.5. The number of rotatable bonds is 8. The molecular formula is C18H32O2. The van der Waals surface area contributed by atoms with E-state index >= 15 is 0 Å². The largest absolute Gasteiger partial charge is 0.498 e. The van der Waals surface area contributed by atoms with E-state index in [9.17, 15) is 0 Å². The first-order chi connectivity index (χ1) is 9.58. The number of hydrogen-bond donors (Lipinski definition) is 0. The van der Waals surface area contributed by atoms with Crippen LogP contribution in [0.4, 0.5) is 0 Å². The van der Waals surface area contributed by atoms with E-state index in [2.05, 4.69) is 39.8 Å². The summed E-state index contributed by atoms with van der Waals surface area (Å²) < 4.78 is 11.6. The first-order valence-corrected chi connectivity index (χ1v) is 8.18. The summed E-state index contributed by atoms with van der Waals surface area (Å²) in [7, 11) is 0. The lowest BCUT2D eigenvalue weighted by atomic mass is 9.95. The second kappa shape index (κ2) is 9.90. The first-order valence-electron chi connectivity index (χ1n) is 8.18. The third kappa shape index (κ3) is 8.29. The molecule has 0 radical (unpaired) electrons. The highest BCUT2D eigenvalue weighted by Crippen LogP contribution is 2.24. The zero-order valence-electron chi connectivity index (χ0n) is 13.7. The van der Waals surface area contributed by atoms with E-state index in [0.717, 1.165) is 38.5 Å². The Morgan fingerprint density at radius 1 is 0.750 bits per heavy atom. The summed E-state index contributed by atoms with van der Waals surface area (Å²) >= 11 is 0. The summed E-state index contributed by atoms with van der Waals surface area (Å²) in [6, 6.07) is 0. The molecule has 2 heteroatoms. The Morgan fingerprint density at radius 2 is 1.10 bits per heavy atom. The van der Waals surface area contributed by atoms with Gasteiger partial charge in [0.15, 0.2) is 0 Å². The molecule has 2 nitrogen and oxygen atoms in total. The predicted molar refractivity (Wildman–Crippen MR) is 85.4 cm³/mol. The number of allylic oxidation sites excluding steroid dienone is 2. The smallest absolute Gasteiger partial charge is 0.0981 e. The van der Waals surface area contributed by atoms with Crippen LogP contribution in [0.3, 0.4) is 0 Å². The molecule has 0 aromatic rings. The maximum absolute atomic E-state index is 5.78. The van der Waals surface area contributed by atoms with Crippen molar-refractivity contribution in [2.75, 3.05) is 0 Å². The topological polar surface area (TPSA) is 18.5 Å². The SMILES string of the molecule is CC(C)CC=COC1CCC(OC=CCC(C)C)CC1. The van der Waals surface area contributed by atoms with Crippen molar-refractivity contribution in [3.8, 4) is 0 Å². The van der Waals surface area contributed by atoms with Crippen LogP contribution in [-0.2, 0) is 9.47 Å². The second-order valence-electron chi connectivity index (χ2n) is 6.67. The normalized spacial score (nSPS) is 24.1. The van der Waals surface area contributed by atoms with Crippen LogP contribution in [0, 0.1) is 11.8 Å². The van der Waals surface area contributed by atoms with Crippen molar-refractivity contribution in [3.63, 3.8) is 0 Å². The average molecular weight is 280 g/mol. The van der Waals surface area contributed by atoms with Crippen LogP contribution in [0.15, 0.2) is 24.7 Å². The zero-order chi connectivity index (χ0) is 14.8. The average Bonchev–Trinajstić information content (AvgIpc) is 2.41. The van der Waals surface area contributed by atoms with Crippen LogP contribution < -0.4 is 0 Å². The van der Waals surface area contributed by atoms with Gasteiger partial charge in [-0.3, -0.25) is 0 Å². The Balaban J connectivity index is 2.10. The molecule has 0 aliphatic heterocycles. The van der Waals surface area contributed by atoms with Gasteiger partial charge in [-0.1, -0.05) is 27.7 Å². The quantitative estimate of drug-likeness (QED) is 0.550.